The molecule has 1 aliphatic heterocycles. The Hall–Kier alpha value is -0.810. The van der Waals surface area contributed by atoms with Gasteiger partial charge in [0.15, 0.2) is 0 Å². The third-order valence-electron chi connectivity index (χ3n) is 2.92. The van der Waals surface area contributed by atoms with Gasteiger partial charge in [-0.2, -0.15) is 0 Å². The molecule has 1 aromatic heterocycles. The van der Waals surface area contributed by atoms with Crippen LogP contribution in [0, 0.1) is 0 Å². The van der Waals surface area contributed by atoms with E-state index in [0.717, 1.165) is 11.0 Å². The lowest BCUT2D eigenvalue weighted by atomic mass is 10.1. The highest BCUT2D eigenvalue weighted by atomic mass is 79.9. The Balaban J connectivity index is 2.39. The van der Waals surface area contributed by atoms with Gasteiger partial charge in [0.05, 0.1) is 5.60 Å². The maximum Gasteiger partial charge on any atom is 0.273 e. The SMILES string of the molecule is Cn1cc(Br)cc(N2CCC(C)(O)C2)c1=O. The predicted molar refractivity (Wildman–Crippen MR) is 66.8 cm³/mol. The second-order valence-electron chi connectivity index (χ2n) is 4.63. The molecule has 1 aliphatic rings. The third-order valence-corrected chi connectivity index (χ3v) is 3.36. The quantitative estimate of drug-likeness (QED) is 0.841. The van der Waals surface area contributed by atoms with Crippen LogP contribution in [0.2, 0.25) is 0 Å². The van der Waals surface area contributed by atoms with Crippen LogP contribution in [0.1, 0.15) is 13.3 Å². The Morgan fingerprint density at radius 2 is 2.25 bits per heavy atom. The van der Waals surface area contributed by atoms with Gasteiger partial charge in [0.2, 0.25) is 0 Å². The van der Waals surface area contributed by atoms with Crippen LogP contribution in [0.25, 0.3) is 0 Å². The van der Waals surface area contributed by atoms with E-state index in [4.69, 9.17) is 0 Å². The van der Waals surface area contributed by atoms with Crippen LogP contribution in [-0.2, 0) is 7.05 Å². The molecule has 0 bridgehead atoms. The lowest BCUT2D eigenvalue weighted by molar-refractivity contribution is 0.0839. The molecule has 0 aliphatic carbocycles. The fraction of sp³-hybridized carbons (Fsp3) is 0.545. The van der Waals surface area contributed by atoms with E-state index in [1.807, 2.05) is 11.0 Å². The predicted octanol–water partition coefficient (Wildman–Crippen LogP) is 1.11. The molecule has 16 heavy (non-hydrogen) atoms. The van der Waals surface area contributed by atoms with Crippen molar-refractivity contribution in [1.29, 1.82) is 0 Å². The average Bonchev–Trinajstić information content (AvgIpc) is 2.52. The van der Waals surface area contributed by atoms with Crippen LogP contribution >= 0.6 is 15.9 Å². The summed E-state index contributed by atoms with van der Waals surface area (Å²) in [5.74, 6) is 0. The second kappa shape index (κ2) is 3.89. The number of aryl methyl sites for hydroxylation is 1. The fourth-order valence-corrected chi connectivity index (χ4v) is 2.56. The van der Waals surface area contributed by atoms with Crippen molar-refractivity contribution in [3.8, 4) is 0 Å². The largest absolute Gasteiger partial charge is 0.388 e. The molecule has 0 radical (unpaired) electrons. The van der Waals surface area contributed by atoms with Crippen LogP contribution in [0.3, 0.4) is 0 Å². The van der Waals surface area contributed by atoms with Crippen molar-refractivity contribution in [1.82, 2.24) is 4.57 Å². The van der Waals surface area contributed by atoms with E-state index in [0.29, 0.717) is 18.7 Å². The normalized spacial score (nSPS) is 25.1. The van der Waals surface area contributed by atoms with Gasteiger partial charge in [0, 0.05) is 30.8 Å². The van der Waals surface area contributed by atoms with Crippen molar-refractivity contribution in [3.63, 3.8) is 0 Å². The zero-order valence-corrected chi connectivity index (χ0v) is 11.0. The Kier molecular flexibility index (Phi) is 2.84. The Bertz CT molecular complexity index is 468. The molecule has 1 unspecified atom stereocenters. The van der Waals surface area contributed by atoms with Crippen molar-refractivity contribution in [2.75, 3.05) is 18.0 Å². The monoisotopic (exact) mass is 286 g/mol. The summed E-state index contributed by atoms with van der Waals surface area (Å²) in [6.07, 6.45) is 2.43. The number of nitrogens with zero attached hydrogens (tertiary/aromatic N) is 2. The van der Waals surface area contributed by atoms with E-state index in [1.165, 1.54) is 0 Å². The summed E-state index contributed by atoms with van der Waals surface area (Å²) in [5, 5.41) is 9.89. The first-order chi connectivity index (χ1) is 7.39. The van der Waals surface area contributed by atoms with Crippen molar-refractivity contribution in [2.45, 2.75) is 18.9 Å². The molecule has 0 saturated carbocycles. The third kappa shape index (κ3) is 2.15. The zero-order valence-electron chi connectivity index (χ0n) is 9.40. The van der Waals surface area contributed by atoms with Gasteiger partial charge in [-0.3, -0.25) is 4.79 Å². The topological polar surface area (TPSA) is 45.5 Å². The van der Waals surface area contributed by atoms with E-state index in [-0.39, 0.29) is 5.56 Å². The molecule has 0 aromatic carbocycles. The van der Waals surface area contributed by atoms with Gasteiger partial charge in [-0.1, -0.05) is 0 Å². The minimum Gasteiger partial charge on any atom is -0.388 e. The lowest BCUT2D eigenvalue weighted by Gasteiger charge is -2.20. The summed E-state index contributed by atoms with van der Waals surface area (Å²) in [6.45, 7) is 3.03. The number of β-amino-alcohol motifs (C(OH)–C–C–N with tert-alkyl or cyclic N) is 1. The second-order valence-corrected chi connectivity index (χ2v) is 5.54. The van der Waals surface area contributed by atoms with Gasteiger partial charge in [-0.25, -0.2) is 0 Å². The average molecular weight is 287 g/mol. The molecule has 1 fully saturated rings. The molecule has 2 heterocycles. The van der Waals surface area contributed by atoms with E-state index >= 15 is 0 Å². The van der Waals surface area contributed by atoms with Gasteiger partial charge in [0.1, 0.15) is 5.69 Å². The number of anilines is 1. The summed E-state index contributed by atoms with van der Waals surface area (Å²) < 4.78 is 2.42. The highest BCUT2D eigenvalue weighted by molar-refractivity contribution is 9.10. The maximum absolute atomic E-state index is 11.9. The molecule has 88 valence electrons. The molecule has 2 rings (SSSR count). The highest BCUT2D eigenvalue weighted by Crippen LogP contribution is 2.25. The molecule has 0 spiro atoms. The van der Waals surface area contributed by atoms with E-state index < -0.39 is 5.60 Å². The van der Waals surface area contributed by atoms with Crippen molar-refractivity contribution in [3.05, 3.63) is 27.1 Å². The first-order valence-electron chi connectivity index (χ1n) is 5.22. The van der Waals surface area contributed by atoms with Crippen LogP contribution in [0.5, 0.6) is 0 Å². The fourth-order valence-electron chi connectivity index (χ4n) is 2.03. The van der Waals surface area contributed by atoms with Crippen LogP contribution < -0.4 is 10.5 Å². The summed E-state index contributed by atoms with van der Waals surface area (Å²) in [6, 6.07) is 1.81. The van der Waals surface area contributed by atoms with E-state index in [2.05, 4.69) is 15.9 Å². The van der Waals surface area contributed by atoms with Crippen LogP contribution in [0.15, 0.2) is 21.5 Å². The van der Waals surface area contributed by atoms with E-state index in [9.17, 15) is 9.90 Å². The molecule has 1 N–H and O–H groups in total. The number of pyridine rings is 1. The summed E-state index contributed by atoms with van der Waals surface area (Å²) in [4.78, 5) is 13.9. The van der Waals surface area contributed by atoms with Crippen LogP contribution in [0.4, 0.5) is 5.69 Å². The van der Waals surface area contributed by atoms with Gasteiger partial charge in [-0.15, -0.1) is 0 Å². The lowest BCUT2D eigenvalue weighted by Crippen LogP contribution is -2.33. The number of aliphatic hydroxyl groups is 1. The minimum atomic E-state index is -0.687. The zero-order chi connectivity index (χ0) is 11.9. The van der Waals surface area contributed by atoms with Gasteiger partial charge in [0.25, 0.3) is 5.56 Å². The molecule has 4 nitrogen and oxygen atoms in total. The molecule has 1 aromatic rings. The van der Waals surface area contributed by atoms with E-state index in [1.54, 1.807) is 24.7 Å². The smallest absolute Gasteiger partial charge is 0.273 e. The summed E-state index contributed by atoms with van der Waals surface area (Å²) >= 11 is 3.37. The Morgan fingerprint density at radius 3 is 2.81 bits per heavy atom. The number of hydrogen-bond donors (Lipinski definition) is 1. The molecule has 1 saturated heterocycles. The number of rotatable bonds is 1. The van der Waals surface area contributed by atoms with Gasteiger partial charge < -0.3 is 14.6 Å². The van der Waals surface area contributed by atoms with Crippen LogP contribution in [-0.4, -0.2) is 28.4 Å². The maximum atomic E-state index is 11.9. The van der Waals surface area contributed by atoms with Crippen molar-refractivity contribution < 1.29 is 5.11 Å². The Morgan fingerprint density at radius 1 is 1.56 bits per heavy atom. The molecule has 0 amide bonds. The standard InChI is InChI=1S/C11H15BrN2O2/c1-11(16)3-4-14(7-11)9-5-8(12)6-13(2)10(9)15/h5-6,16H,3-4,7H2,1-2H3. The number of halogens is 1. The van der Waals surface area contributed by atoms with Gasteiger partial charge >= 0.3 is 0 Å². The molecule has 5 heteroatoms. The van der Waals surface area contributed by atoms with Gasteiger partial charge in [-0.05, 0) is 35.3 Å². The first-order valence-corrected chi connectivity index (χ1v) is 6.02. The first kappa shape index (κ1) is 11.7. The Labute approximate surface area is 103 Å². The summed E-state index contributed by atoms with van der Waals surface area (Å²) in [5.41, 5.74) is -0.0663. The molecule has 1 atom stereocenters. The molecular formula is C11H15BrN2O2. The summed E-state index contributed by atoms with van der Waals surface area (Å²) in [7, 11) is 1.73. The van der Waals surface area contributed by atoms with Crippen molar-refractivity contribution in [2.24, 2.45) is 7.05 Å². The number of hydrogen-bond acceptors (Lipinski definition) is 3. The van der Waals surface area contributed by atoms with Crippen molar-refractivity contribution >= 4 is 21.6 Å². The molecular weight excluding hydrogens is 272 g/mol. The minimum absolute atomic E-state index is 0.0269. The number of aromatic nitrogens is 1. The highest BCUT2D eigenvalue weighted by Gasteiger charge is 2.32.